The second-order valence-corrected chi connectivity index (χ2v) is 8.57. The number of aromatic nitrogens is 2. The largest absolute Gasteiger partial charge is 0.381 e. The Morgan fingerprint density at radius 2 is 2.03 bits per heavy atom. The maximum absolute atomic E-state index is 15.5. The van der Waals surface area contributed by atoms with Crippen molar-refractivity contribution in [2.24, 2.45) is 5.92 Å². The Labute approximate surface area is 184 Å². The van der Waals surface area contributed by atoms with Gasteiger partial charge in [0, 0.05) is 42.9 Å². The number of aromatic amines is 1. The van der Waals surface area contributed by atoms with Crippen LogP contribution in [0.4, 0.5) is 10.2 Å². The molecule has 32 heavy (non-hydrogen) atoms. The van der Waals surface area contributed by atoms with E-state index in [1.54, 1.807) is 26.3 Å². The smallest absolute Gasteiger partial charge is 0.253 e. The summed E-state index contributed by atoms with van der Waals surface area (Å²) >= 11 is 0. The standard InChI is InChI=1S/C24H25FN4O3/c1-26-24(31)18-11-27-22(29-23(30)12-6-7-12)21-17(18)10-19(28-21)16-5-3-4-15(20(16)25)13-8-14(9-13)32-2/h3-5,10-14,28H,6-9H2,1-2H3,(H,26,31)(H,27,29,30)/t13-,14+. The first-order valence-corrected chi connectivity index (χ1v) is 10.9. The predicted molar refractivity (Wildman–Crippen MR) is 119 cm³/mol. The molecule has 2 heterocycles. The predicted octanol–water partition coefficient (Wildman–Crippen LogP) is 3.97. The summed E-state index contributed by atoms with van der Waals surface area (Å²) in [5.74, 6) is -0.199. The zero-order chi connectivity index (χ0) is 22.4. The number of rotatable bonds is 6. The molecule has 2 aromatic heterocycles. The molecule has 3 N–H and O–H groups in total. The third-order valence-electron chi connectivity index (χ3n) is 6.52. The Morgan fingerprint density at radius 3 is 2.72 bits per heavy atom. The van der Waals surface area contributed by atoms with Crippen molar-refractivity contribution in [1.82, 2.24) is 15.3 Å². The molecule has 0 aliphatic heterocycles. The monoisotopic (exact) mass is 436 g/mol. The van der Waals surface area contributed by atoms with Gasteiger partial charge >= 0.3 is 0 Å². The van der Waals surface area contributed by atoms with E-state index >= 15 is 4.39 Å². The third kappa shape index (κ3) is 3.54. The number of hydrogen-bond donors (Lipinski definition) is 3. The van der Waals surface area contributed by atoms with Gasteiger partial charge in [0.1, 0.15) is 5.82 Å². The zero-order valence-electron chi connectivity index (χ0n) is 18.0. The molecule has 0 unspecified atom stereocenters. The number of pyridine rings is 1. The number of H-pyrrole nitrogens is 1. The molecule has 2 aliphatic carbocycles. The van der Waals surface area contributed by atoms with Crippen LogP contribution in [0.15, 0.2) is 30.5 Å². The molecule has 0 atom stereocenters. The maximum atomic E-state index is 15.5. The normalized spacial score (nSPS) is 20.1. The molecular formula is C24H25FN4O3. The number of carbonyl (C=O) groups is 2. The van der Waals surface area contributed by atoms with E-state index in [9.17, 15) is 9.59 Å². The summed E-state index contributed by atoms with van der Waals surface area (Å²) in [5.41, 5.74) is 2.47. The van der Waals surface area contributed by atoms with Crippen molar-refractivity contribution in [2.75, 3.05) is 19.5 Å². The number of halogens is 1. The van der Waals surface area contributed by atoms with Crippen molar-refractivity contribution in [3.8, 4) is 11.3 Å². The Bertz CT molecular complexity index is 1210. The molecule has 2 saturated carbocycles. The summed E-state index contributed by atoms with van der Waals surface area (Å²) in [6, 6.07) is 7.12. The number of hydrogen-bond acceptors (Lipinski definition) is 4. The third-order valence-corrected chi connectivity index (χ3v) is 6.52. The van der Waals surface area contributed by atoms with Gasteiger partial charge in [-0.1, -0.05) is 12.1 Å². The van der Waals surface area contributed by atoms with E-state index in [-0.39, 0.29) is 35.6 Å². The van der Waals surface area contributed by atoms with E-state index in [0.717, 1.165) is 25.7 Å². The fraction of sp³-hybridized carbons (Fsp3) is 0.375. The highest BCUT2D eigenvalue weighted by molar-refractivity contribution is 6.11. The van der Waals surface area contributed by atoms with Crippen LogP contribution < -0.4 is 10.6 Å². The molecule has 3 aromatic rings. The van der Waals surface area contributed by atoms with Crippen molar-refractivity contribution in [3.05, 3.63) is 47.4 Å². The molecule has 2 fully saturated rings. The highest BCUT2D eigenvalue weighted by Gasteiger charge is 2.33. The average Bonchev–Trinajstić information content (AvgIpc) is 3.52. The first-order valence-electron chi connectivity index (χ1n) is 10.9. The minimum absolute atomic E-state index is 0.00688. The summed E-state index contributed by atoms with van der Waals surface area (Å²) in [4.78, 5) is 32.2. The summed E-state index contributed by atoms with van der Waals surface area (Å²) in [6.07, 6.45) is 4.94. The van der Waals surface area contributed by atoms with E-state index < -0.39 is 0 Å². The van der Waals surface area contributed by atoms with Gasteiger partial charge in [0.25, 0.3) is 5.91 Å². The van der Waals surface area contributed by atoms with Gasteiger partial charge in [0.05, 0.1) is 17.2 Å². The van der Waals surface area contributed by atoms with E-state index in [1.165, 1.54) is 6.20 Å². The van der Waals surface area contributed by atoms with Gasteiger partial charge in [0.2, 0.25) is 5.91 Å². The van der Waals surface area contributed by atoms with Crippen LogP contribution in [0.1, 0.15) is 47.5 Å². The molecule has 5 rings (SSSR count). The van der Waals surface area contributed by atoms with Crippen molar-refractivity contribution in [3.63, 3.8) is 0 Å². The summed E-state index contributed by atoms with van der Waals surface area (Å²) in [5, 5.41) is 6.03. The van der Waals surface area contributed by atoms with Gasteiger partial charge in [-0.05, 0) is 49.3 Å². The number of benzene rings is 1. The lowest BCUT2D eigenvalue weighted by molar-refractivity contribution is -0.117. The second-order valence-electron chi connectivity index (χ2n) is 8.57. The van der Waals surface area contributed by atoms with Gasteiger partial charge in [-0.3, -0.25) is 9.59 Å². The molecule has 7 nitrogen and oxygen atoms in total. The molecule has 1 aromatic carbocycles. The summed E-state index contributed by atoms with van der Waals surface area (Å²) < 4.78 is 20.9. The maximum Gasteiger partial charge on any atom is 0.253 e. The van der Waals surface area contributed by atoms with E-state index in [2.05, 4.69) is 20.6 Å². The number of nitrogens with zero attached hydrogens (tertiary/aromatic N) is 1. The van der Waals surface area contributed by atoms with Gasteiger partial charge in [-0.2, -0.15) is 0 Å². The number of amides is 2. The second kappa shape index (κ2) is 8.02. The van der Waals surface area contributed by atoms with Gasteiger partial charge < -0.3 is 20.4 Å². The van der Waals surface area contributed by atoms with Crippen LogP contribution in [0.3, 0.4) is 0 Å². The Hall–Kier alpha value is -3.26. The first-order chi connectivity index (χ1) is 15.5. The van der Waals surface area contributed by atoms with E-state index in [0.29, 0.717) is 39.1 Å². The number of carbonyl (C=O) groups excluding carboxylic acids is 2. The van der Waals surface area contributed by atoms with Crippen LogP contribution in [-0.2, 0) is 9.53 Å². The van der Waals surface area contributed by atoms with Gasteiger partial charge in [-0.25, -0.2) is 9.37 Å². The fourth-order valence-electron chi connectivity index (χ4n) is 4.32. The van der Waals surface area contributed by atoms with Crippen LogP contribution in [-0.4, -0.2) is 42.0 Å². The van der Waals surface area contributed by atoms with Gasteiger partial charge in [0.15, 0.2) is 5.82 Å². The highest BCUT2D eigenvalue weighted by atomic mass is 19.1. The average molecular weight is 436 g/mol. The lowest BCUT2D eigenvalue weighted by Crippen LogP contribution is -2.29. The minimum atomic E-state index is -0.303. The SMILES string of the molecule is CNC(=O)c1cnc(NC(=O)C2CC2)c2[nH]c(-c3cccc([C@H]4C[C@@H](OC)C4)c3F)cc12. The Balaban J connectivity index is 1.57. The molecule has 0 spiro atoms. The number of fused-ring (bicyclic) bond motifs is 1. The van der Waals surface area contributed by atoms with E-state index in [1.807, 2.05) is 12.1 Å². The highest BCUT2D eigenvalue weighted by Crippen LogP contribution is 2.42. The molecule has 0 bridgehead atoms. The summed E-state index contributed by atoms with van der Waals surface area (Å²) in [6.45, 7) is 0. The topological polar surface area (TPSA) is 96.1 Å². The van der Waals surface area contributed by atoms with Crippen LogP contribution >= 0.6 is 0 Å². The molecule has 0 saturated heterocycles. The molecule has 2 aliphatic rings. The number of anilines is 1. The van der Waals surface area contributed by atoms with Crippen molar-refractivity contribution < 1.29 is 18.7 Å². The van der Waals surface area contributed by atoms with Crippen LogP contribution in [0.25, 0.3) is 22.2 Å². The first kappa shape index (κ1) is 20.6. The van der Waals surface area contributed by atoms with Crippen LogP contribution in [0.5, 0.6) is 0 Å². The quantitative estimate of drug-likeness (QED) is 0.545. The fourth-order valence-corrected chi connectivity index (χ4v) is 4.32. The molecule has 8 heteroatoms. The zero-order valence-corrected chi connectivity index (χ0v) is 18.0. The number of nitrogens with one attached hydrogen (secondary N) is 3. The molecule has 2 amide bonds. The van der Waals surface area contributed by atoms with Crippen molar-refractivity contribution >= 4 is 28.5 Å². The lowest BCUT2D eigenvalue weighted by Gasteiger charge is -2.34. The molecule has 0 radical (unpaired) electrons. The van der Waals surface area contributed by atoms with Gasteiger partial charge in [-0.15, -0.1) is 0 Å². The molecular weight excluding hydrogens is 411 g/mol. The van der Waals surface area contributed by atoms with Crippen LogP contribution in [0, 0.1) is 11.7 Å². The minimum Gasteiger partial charge on any atom is -0.381 e. The molecule has 166 valence electrons. The Kier molecular flexibility index (Phi) is 5.17. The number of methoxy groups -OCH3 is 1. The summed E-state index contributed by atoms with van der Waals surface area (Å²) in [7, 11) is 3.22. The lowest BCUT2D eigenvalue weighted by atomic mass is 9.77. The Morgan fingerprint density at radius 1 is 1.25 bits per heavy atom. The van der Waals surface area contributed by atoms with Crippen molar-refractivity contribution in [1.29, 1.82) is 0 Å². The van der Waals surface area contributed by atoms with Crippen LogP contribution in [0.2, 0.25) is 0 Å². The van der Waals surface area contributed by atoms with Crippen molar-refractivity contribution in [2.45, 2.75) is 37.7 Å². The van der Waals surface area contributed by atoms with E-state index in [4.69, 9.17) is 4.74 Å². The number of ether oxygens (including phenoxy) is 1.